The summed E-state index contributed by atoms with van der Waals surface area (Å²) in [6, 6.07) is 9.70. The molecule has 3 aromatic rings. The molecule has 1 aromatic carbocycles. The zero-order chi connectivity index (χ0) is 16.9. The number of nitrogens with zero attached hydrogens (tertiary/aromatic N) is 3. The minimum absolute atomic E-state index is 0.379. The van der Waals surface area contributed by atoms with Crippen LogP contribution in [0.3, 0.4) is 0 Å². The maximum absolute atomic E-state index is 5.92. The highest BCUT2D eigenvalue weighted by atomic mass is 16.3. The lowest BCUT2D eigenvalue weighted by Crippen LogP contribution is -2.23. The van der Waals surface area contributed by atoms with Crippen molar-refractivity contribution >= 4 is 11.6 Å². The van der Waals surface area contributed by atoms with Crippen LogP contribution in [0, 0.1) is 13.8 Å². The van der Waals surface area contributed by atoms with Crippen LogP contribution < -0.4 is 11.1 Å². The van der Waals surface area contributed by atoms with E-state index in [0.29, 0.717) is 30.5 Å². The van der Waals surface area contributed by atoms with Gasteiger partial charge in [-0.15, -0.1) is 0 Å². The molecular formula is C17H20N6O. The van der Waals surface area contributed by atoms with Crippen LogP contribution in [-0.4, -0.2) is 27.7 Å². The molecule has 2 aromatic heterocycles. The Labute approximate surface area is 140 Å². The fourth-order valence-corrected chi connectivity index (χ4v) is 2.21. The van der Waals surface area contributed by atoms with Crippen LogP contribution in [0.25, 0.3) is 11.6 Å². The van der Waals surface area contributed by atoms with Gasteiger partial charge in [-0.05, 0) is 49.2 Å². The Balaban J connectivity index is 1.54. The molecular weight excluding hydrogens is 304 g/mol. The molecule has 24 heavy (non-hydrogen) atoms. The number of rotatable bonds is 5. The summed E-state index contributed by atoms with van der Waals surface area (Å²) in [6.45, 7) is 4.65. The molecule has 0 atom stereocenters. The fraction of sp³-hybridized carbons (Fsp3) is 0.235. The first kappa shape index (κ1) is 15.8. The Hall–Kier alpha value is -3.09. The highest BCUT2D eigenvalue weighted by Gasteiger charge is 2.07. The van der Waals surface area contributed by atoms with E-state index in [4.69, 9.17) is 10.2 Å². The summed E-state index contributed by atoms with van der Waals surface area (Å²) >= 11 is 0. The van der Waals surface area contributed by atoms with Crippen molar-refractivity contribution in [3.63, 3.8) is 0 Å². The topological polar surface area (TPSA) is 105 Å². The molecule has 0 saturated carbocycles. The summed E-state index contributed by atoms with van der Waals surface area (Å²) in [6.07, 6.45) is 2.21. The number of benzene rings is 1. The summed E-state index contributed by atoms with van der Waals surface area (Å²) in [5, 5.41) is 10.1. The van der Waals surface area contributed by atoms with E-state index in [0.717, 1.165) is 11.5 Å². The van der Waals surface area contributed by atoms with E-state index in [1.165, 1.54) is 11.1 Å². The Morgan fingerprint density at radius 3 is 2.92 bits per heavy atom. The zero-order valence-corrected chi connectivity index (χ0v) is 13.7. The smallest absolute Gasteiger partial charge is 0.216 e. The normalized spacial score (nSPS) is 11.7. The number of nitrogens with one attached hydrogen (secondary N) is 2. The molecule has 0 unspecified atom stereocenters. The average molecular weight is 324 g/mol. The molecule has 0 aliphatic heterocycles. The molecule has 0 spiro atoms. The molecule has 3 rings (SSSR count). The summed E-state index contributed by atoms with van der Waals surface area (Å²) in [5.41, 5.74) is 9.30. The van der Waals surface area contributed by atoms with E-state index < -0.39 is 0 Å². The first-order chi connectivity index (χ1) is 11.6. The second-order valence-electron chi connectivity index (χ2n) is 5.52. The van der Waals surface area contributed by atoms with Crippen molar-refractivity contribution in [3.05, 3.63) is 53.5 Å². The number of hydrogen-bond donors (Lipinski definition) is 3. The maximum Gasteiger partial charge on any atom is 0.216 e. The first-order valence-electron chi connectivity index (χ1n) is 7.71. The predicted molar refractivity (Wildman–Crippen MR) is 93.8 cm³/mol. The molecule has 0 fully saturated rings. The number of aryl methyl sites for hydroxylation is 2. The number of guanidine groups is 1. The molecule has 0 aliphatic carbocycles. The SMILES string of the molecule is Cc1ccc(NC(N)=NCCc2nc(-c3ccco3)n[nH]2)cc1C. The molecule has 0 aliphatic rings. The van der Waals surface area contributed by atoms with Gasteiger partial charge in [0.05, 0.1) is 6.26 Å². The molecule has 124 valence electrons. The molecule has 0 saturated heterocycles. The molecule has 7 nitrogen and oxygen atoms in total. The quantitative estimate of drug-likeness (QED) is 0.494. The van der Waals surface area contributed by atoms with Gasteiger partial charge < -0.3 is 15.5 Å². The summed E-state index contributed by atoms with van der Waals surface area (Å²) < 4.78 is 5.26. The third-order valence-electron chi connectivity index (χ3n) is 3.68. The lowest BCUT2D eigenvalue weighted by Gasteiger charge is -2.07. The predicted octanol–water partition coefficient (Wildman–Crippen LogP) is 2.65. The number of anilines is 1. The lowest BCUT2D eigenvalue weighted by atomic mass is 10.1. The summed E-state index contributed by atoms with van der Waals surface area (Å²) in [5.74, 6) is 2.30. The Bertz CT molecular complexity index is 835. The van der Waals surface area contributed by atoms with Gasteiger partial charge in [0.25, 0.3) is 0 Å². The van der Waals surface area contributed by atoms with Crippen molar-refractivity contribution in [2.75, 3.05) is 11.9 Å². The van der Waals surface area contributed by atoms with Crippen LogP contribution in [0.4, 0.5) is 5.69 Å². The largest absolute Gasteiger partial charge is 0.461 e. The third-order valence-corrected chi connectivity index (χ3v) is 3.68. The number of aliphatic imine (C=N–C) groups is 1. The molecule has 4 N–H and O–H groups in total. The first-order valence-corrected chi connectivity index (χ1v) is 7.71. The number of hydrogen-bond acceptors (Lipinski definition) is 4. The van der Waals surface area contributed by atoms with Crippen molar-refractivity contribution in [1.29, 1.82) is 0 Å². The van der Waals surface area contributed by atoms with Gasteiger partial charge in [0.1, 0.15) is 5.82 Å². The highest BCUT2D eigenvalue weighted by Crippen LogP contribution is 2.15. The van der Waals surface area contributed by atoms with Crippen molar-refractivity contribution in [2.45, 2.75) is 20.3 Å². The number of H-pyrrole nitrogens is 1. The van der Waals surface area contributed by atoms with Crippen LogP contribution in [0.1, 0.15) is 17.0 Å². The van der Waals surface area contributed by atoms with Gasteiger partial charge in [0, 0.05) is 18.7 Å². The van der Waals surface area contributed by atoms with E-state index in [1.807, 2.05) is 18.2 Å². The third kappa shape index (κ3) is 3.81. The van der Waals surface area contributed by atoms with E-state index >= 15 is 0 Å². The van der Waals surface area contributed by atoms with Gasteiger partial charge in [-0.25, -0.2) is 4.98 Å². The standard InChI is InChI=1S/C17H20N6O/c1-11-5-6-13(10-12(11)2)20-17(18)19-8-7-15-21-16(23-22-15)14-4-3-9-24-14/h3-6,9-10H,7-8H2,1-2H3,(H3,18,19,20)(H,21,22,23). The van der Waals surface area contributed by atoms with Crippen molar-refractivity contribution in [1.82, 2.24) is 15.2 Å². The van der Waals surface area contributed by atoms with E-state index in [1.54, 1.807) is 12.3 Å². The van der Waals surface area contributed by atoms with Crippen LogP contribution in [0.2, 0.25) is 0 Å². The molecule has 0 amide bonds. The zero-order valence-electron chi connectivity index (χ0n) is 13.7. The molecule has 0 bridgehead atoms. The Kier molecular flexibility index (Phi) is 4.60. The number of aromatic amines is 1. The van der Waals surface area contributed by atoms with Gasteiger partial charge in [-0.2, -0.15) is 5.10 Å². The van der Waals surface area contributed by atoms with Crippen LogP contribution in [-0.2, 0) is 6.42 Å². The fourth-order valence-electron chi connectivity index (χ4n) is 2.21. The van der Waals surface area contributed by atoms with E-state index in [9.17, 15) is 0 Å². The van der Waals surface area contributed by atoms with Crippen molar-refractivity contribution < 1.29 is 4.42 Å². The van der Waals surface area contributed by atoms with Crippen LogP contribution in [0.5, 0.6) is 0 Å². The second kappa shape index (κ2) is 6.99. The van der Waals surface area contributed by atoms with Crippen LogP contribution >= 0.6 is 0 Å². The Morgan fingerprint density at radius 1 is 1.29 bits per heavy atom. The van der Waals surface area contributed by atoms with Crippen molar-refractivity contribution in [2.24, 2.45) is 10.7 Å². The van der Waals surface area contributed by atoms with E-state index in [2.05, 4.69) is 45.4 Å². The molecule has 7 heteroatoms. The van der Waals surface area contributed by atoms with Gasteiger partial charge in [0.15, 0.2) is 11.7 Å². The monoisotopic (exact) mass is 324 g/mol. The maximum atomic E-state index is 5.92. The summed E-state index contributed by atoms with van der Waals surface area (Å²) in [4.78, 5) is 8.67. The summed E-state index contributed by atoms with van der Waals surface area (Å²) in [7, 11) is 0. The van der Waals surface area contributed by atoms with Gasteiger partial charge in [0.2, 0.25) is 5.82 Å². The molecule has 2 heterocycles. The minimum atomic E-state index is 0.379. The van der Waals surface area contributed by atoms with Gasteiger partial charge in [-0.3, -0.25) is 10.1 Å². The number of nitrogens with two attached hydrogens (primary N) is 1. The second-order valence-corrected chi connectivity index (χ2v) is 5.52. The number of furan rings is 1. The lowest BCUT2D eigenvalue weighted by molar-refractivity contribution is 0.577. The minimum Gasteiger partial charge on any atom is -0.461 e. The van der Waals surface area contributed by atoms with E-state index in [-0.39, 0.29) is 0 Å². The van der Waals surface area contributed by atoms with Gasteiger partial charge >= 0.3 is 0 Å². The molecule has 0 radical (unpaired) electrons. The highest BCUT2D eigenvalue weighted by molar-refractivity contribution is 5.92. The van der Waals surface area contributed by atoms with Gasteiger partial charge in [-0.1, -0.05) is 6.07 Å². The number of aromatic nitrogens is 3. The van der Waals surface area contributed by atoms with Crippen molar-refractivity contribution in [3.8, 4) is 11.6 Å². The van der Waals surface area contributed by atoms with Crippen LogP contribution in [0.15, 0.2) is 46.0 Å². The Morgan fingerprint density at radius 2 is 2.17 bits per heavy atom. The average Bonchev–Trinajstić information content (AvgIpc) is 3.22.